The first-order chi connectivity index (χ1) is 3.68. The highest BCUT2D eigenvalue weighted by Gasteiger charge is 2.03. The second kappa shape index (κ2) is 3.21. The molecule has 0 saturated carbocycles. The molecule has 0 saturated heterocycles. The lowest BCUT2D eigenvalue weighted by molar-refractivity contribution is -0.139. The van der Waals surface area contributed by atoms with E-state index in [0.29, 0.717) is 0 Å². The minimum atomic E-state index is -1.26. The molecule has 0 rings (SSSR count). The van der Waals surface area contributed by atoms with Gasteiger partial charge in [0.05, 0.1) is 12.2 Å². The van der Waals surface area contributed by atoms with Crippen LogP contribution < -0.4 is 0 Å². The summed E-state index contributed by atoms with van der Waals surface area (Å²) in [6.45, 7) is 3.19. The highest BCUT2D eigenvalue weighted by Crippen LogP contribution is 1.88. The predicted molar refractivity (Wildman–Crippen MR) is 26.7 cm³/mol. The molecule has 0 N–H and O–H groups in total. The number of carbonyl (C=O) groups excluding carboxylic acids is 1. The largest absolute Gasteiger partial charge is 0.384 e. The molecule has 0 aromatic rings. The van der Waals surface area contributed by atoms with Crippen LogP contribution >= 0.6 is 0 Å². The third-order valence-electron chi connectivity index (χ3n) is 0.607. The molecule has 1 radical (unpaired) electrons. The maximum absolute atomic E-state index is 9.80. The molecule has 0 amide bonds. The van der Waals surface area contributed by atoms with Gasteiger partial charge >= 0.3 is 5.97 Å². The van der Waals surface area contributed by atoms with Crippen LogP contribution in [0.2, 0.25) is 0 Å². The van der Waals surface area contributed by atoms with Crippen molar-refractivity contribution >= 4 is 5.97 Å². The highest BCUT2D eigenvalue weighted by atomic mass is 16.5. The molecule has 0 spiro atoms. The van der Waals surface area contributed by atoms with Gasteiger partial charge in [-0.3, -0.25) is 0 Å². The normalized spacial score (nSPS) is 8.62. The Morgan fingerprint density at radius 1 is 1.75 bits per heavy atom. The molecule has 3 heteroatoms. The molecule has 0 unspecified atom stereocenters. The van der Waals surface area contributed by atoms with E-state index in [1.165, 1.54) is 7.11 Å². The minimum Gasteiger partial charge on any atom is -0.380 e. The summed E-state index contributed by atoms with van der Waals surface area (Å²) in [6.07, 6.45) is 0. The molecule has 3 nitrogen and oxygen atoms in total. The maximum atomic E-state index is 9.80. The van der Waals surface area contributed by atoms with E-state index in [0.717, 1.165) is 0 Å². The van der Waals surface area contributed by atoms with E-state index in [9.17, 15) is 9.90 Å². The molecule has 0 heterocycles. The summed E-state index contributed by atoms with van der Waals surface area (Å²) in [7, 11) is 1.40. The van der Waals surface area contributed by atoms with Gasteiger partial charge in [-0.05, 0) is 0 Å². The van der Waals surface area contributed by atoms with E-state index in [2.05, 4.69) is 11.3 Å². The molecule has 0 aromatic heterocycles. The van der Waals surface area contributed by atoms with Crippen molar-refractivity contribution in [3.05, 3.63) is 12.2 Å². The summed E-state index contributed by atoms with van der Waals surface area (Å²) < 4.78 is 4.44. The lowest BCUT2D eigenvalue weighted by Crippen LogP contribution is -2.02. The van der Waals surface area contributed by atoms with Crippen LogP contribution in [0.25, 0.3) is 0 Å². The quantitative estimate of drug-likeness (QED) is 0.491. The van der Waals surface area contributed by atoms with Gasteiger partial charge in [-0.25, -0.2) is 9.90 Å². The Bertz CT molecular complexity index is 106. The van der Waals surface area contributed by atoms with E-state index in [4.69, 9.17) is 0 Å². The van der Waals surface area contributed by atoms with Crippen molar-refractivity contribution in [1.29, 1.82) is 0 Å². The van der Waals surface area contributed by atoms with Gasteiger partial charge in [-0.15, -0.1) is 0 Å². The monoisotopic (exact) mass is 115 g/mol. The summed E-state index contributed by atoms with van der Waals surface area (Å²) in [5, 5.41) is 9.80. The Balaban J connectivity index is 3.49. The number of hydrogen-bond donors (Lipinski definition) is 0. The Morgan fingerprint density at radius 2 is 2.25 bits per heavy atom. The number of rotatable bonds is 3. The van der Waals surface area contributed by atoms with Gasteiger partial charge in [0.2, 0.25) is 0 Å². The molecule has 0 fully saturated rings. The topological polar surface area (TPSA) is 46.2 Å². The van der Waals surface area contributed by atoms with Crippen molar-refractivity contribution < 1.29 is 14.6 Å². The second-order valence-electron chi connectivity index (χ2n) is 1.32. The standard InChI is InChI=1S/C5H7O3/c1-4(3-8-2)5(6)7/h1,3H2,2H3. The van der Waals surface area contributed by atoms with E-state index >= 15 is 0 Å². The molecule has 45 valence electrons. The van der Waals surface area contributed by atoms with Crippen molar-refractivity contribution in [3.63, 3.8) is 0 Å². The Hall–Kier alpha value is -0.830. The zero-order valence-corrected chi connectivity index (χ0v) is 4.64. The van der Waals surface area contributed by atoms with Crippen LogP contribution in [-0.2, 0) is 14.6 Å². The first-order valence-corrected chi connectivity index (χ1v) is 2.06. The third-order valence-corrected chi connectivity index (χ3v) is 0.607. The Morgan fingerprint density at radius 3 is 2.38 bits per heavy atom. The number of methoxy groups -OCH3 is 1. The molecular formula is C5H7O3. The molecule has 0 aliphatic carbocycles. The van der Waals surface area contributed by atoms with Gasteiger partial charge in [-0.1, -0.05) is 6.58 Å². The fraction of sp³-hybridized carbons (Fsp3) is 0.400. The predicted octanol–water partition coefficient (Wildman–Crippen LogP) is 0.146. The third kappa shape index (κ3) is 2.36. The van der Waals surface area contributed by atoms with Crippen LogP contribution in [0.3, 0.4) is 0 Å². The highest BCUT2D eigenvalue weighted by molar-refractivity contribution is 5.85. The van der Waals surface area contributed by atoms with E-state index < -0.39 is 5.97 Å². The Labute approximate surface area is 47.6 Å². The molecule has 0 aliphatic rings. The smallest absolute Gasteiger partial charge is 0.380 e. The van der Waals surface area contributed by atoms with E-state index in [1.807, 2.05) is 0 Å². The van der Waals surface area contributed by atoms with Crippen LogP contribution in [0, 0.1) is 0 Å². The lowest BCUT2D eigenvalue weighted by Gasteiger charge is -1.91. The molecule has 0 bridgehead atoms. The van der Waals surface area contributed by atoms with Crippen LogP contribution in [0.4, 0.5) is 0 Å². The van der Waals surface area contributed by atoms with Crippen molar-refractivity contribution in [1.82, 2.24) is 0 Å². The molecule has 8 heavy (non-hydrogen) atoms. The maximum Gasteiger partial charge on any atom is 0.384 e. The van der Waals surface area contributed by atoms with Crippen molar-refractivity contribution in [2.75, 3.05) is 13.7 Å². The average molecular weight is 115 g/mol. The second-order valence-corrected chi connectivity index (χ2v) is 1.32. The summed E-state index contributed by atoms with van der Waals surface area (Å²) in [6, 6.07) is 0. The summed E-state index contributed by atoms with van der Waals surface area (Å²) >= 11 is 0. The zero-order chi connectivity index (χ0) is 6.57. The van der Waals surface area contributed by atoms with Gasteiger partial charge in [0.25, 0.3) is 0 Å². The van der Waals surface area contributed by atoms with Crippen LogP contribution in [0.1, 0.15) is 0 Å². The fourth-order valence-electron chi connectivity index (χ4n) is 0.233. The summed E-state index contributed by atoms with van der Waals surface area (Å²) in [4.78, 5) is 9.80. The van der Waals surface area contributed by atoms with Crippen molar-refractivity contribution in [2.24, 2.45) is 0 Å². The lowest BCUT2D eigenvalue weighted by atomic mass is 10.3. The number of ether oxygens (including phenoxy) is 1. The molecule has 0 atom stereocenters. The molecule has 0 aliphatic heterocycles. The average Bonchev–Trinajstić information content (AvgIpc) is 1.67. The first-order valence-electron chi connectivity index (χ1n) is 2.06. The van der Waals surface area contributed by atoms with E-state index in [-0.39, 0.29) is 12.2 Å². The van der Waals surface area contributed by atoms with Crippen LogP contribution in [0.15, 0.2) is 12.2 Å². The van der Waals surface area contributed by atoms with Gasteiger partial charge in [-0.2, -0.15) is 0 Å². The van der Waals surface area contributed by atoms with E-state index in [1.54, 1.807) is 0 Å². The minimum absolute atomic E-state index is 0.0301. The first kappa shape index (κ1) is 7.17. The van der Waals surface area contributed by atoms with Crippen LogP contribution in [0.5, 0.6) is 0 Å². The van der Waals surface area contributed by atoms with Gasteiger partial charge < -0.3 is 4.74 Å². The van der Waals surface area contributed by atoms with Gasteiger partial charge in [0.15, 0.2) is 0 Å². The SMILES string of the molecule is C=C(COC)C([O])=O. The van der Waals surface area contributed by atoms with Crippen molar-refractivity contribution in [2.45, 2.75) is 0 Å². The molecular weight excluding hydrogens is 108 g/mol. The number of carbonyl (C=O) groups is 1. The Kier molecular flexibility index (Phi) is 2.88. The van der Waals surface area contributed by atoms with Crippen LogP contribution in [-0.4, -0.2) is 19.7 Å². The van der Waals surface area contributed by atoms with Gasteiger partial charge in [0, 0.05) is 7.11 Å². The summed E-state index contributed by atoms with van der Waals surface area (Å²) in [5.41, 5.74) is -0.0347. The fourth-order valence-corrected chi connectivity index (χ4v) is 0.233. The number of hydrogen-bond acceptors (Lipinski definition) is 2. The zero-order valence-electron chi connectivity index (χ0n) is 4.64. The molecule has 0 aromatic carbocycles. The van der Waals surface area contributed by atoms with Gasteiger partial charge in [0.1, 0.15) is 0 Å². The van der Waals surface area contributed by atoms with Crippen molar-refractivity contribution in [3.8, 4) is 0 Å². The summed E-state index contributed by atoms with van der Waals surface area (Å²) in [5.74, 6) is -1.26.